The van der Waals surface area contributed by atoms with Gasteiger partial charge < -0.3 is 10.1 Å². The molecular formula is C11H22ClNO. The van der Waals surface area contributed by atoms with Crippen LogP contribution in [0.25, 0.3) is 0 Å². The first-order valence-corrected chi connectivity index (χ1v) is 6.25. The second-order valence-electron chi connectivity index (χ2n) is 4.10. The molecule has 0 aromatic heterocycles. The van der Waals surface area contributed by atoms with E-state index in [1.807, 2.05) is 6.92 Å². The highest BCUT2D eigenvalue weighted by Gasteiger charge is 2.29. The fraction of sp³-hybridized carbons (Fsp3) is 1.00. The predicted octanol–water partition coefficient (Wildman–Crippen LogP) is 2.55. The Morgan fingerprint density at radius 1 is 1.29 bits per heavy atom. The van der Waals surface area contributed by atoms with E-state index in [0.29, 0.717) is 0 Å². The Kier molecular flexibility index (Phi) is 5.83. The molecule has 0 radical (unpaired) electrons. The Labute approximate surface area is 92.3 Å². The molecule has 0 saturated heterocycles. The third kappa shape index (κ3) is 3.76. The van der Waals surface area contributed by atoms with Crippen molar-refractivity contribution in [3.05, 3.63) is 0 Å². The molecule has 1 saturated carbocycles. The molecule has 0 aromatic carbocycles. The van der Waals surface area contributed by atoms with Crippen LogP contribution in [0.4, 0.5) is 0 Å². The summed E-state index contributed by atoms with van der Waals surface area (Å²) in [5.74, 6) is 0.735. The van der Waals surface area contributed by atoms with Crippen molar-refractivity contribution in [1.29, 1.82) is 0 Å². The summed E-state index contributed by atoms with van der Waals surface area (Å²) >= 11 is 6.05. The van der Waals surface area contributed by atoms with Gasteiger partial charge in [-0.1, -0.05) is 19.3 Å². The molecule has 0 heterocycles. The molecule has 3 heteroatoms. The minimum atomic E-state index is 0.205. The molecule has 14 heavy (non-hydrogen) atoms. The molecule has 1 rings (SSSR count). The fourth-order valence-corrected chi connectivity index (χ4v) is 2.48. The van der Waals surface area contributed by atoms with Crippen LogP contribution in [0.1, 0.15) is 39.0 Å². The van der Waals surface area contributed by atoms with Crippen LogP contribution in [-0.4, -0.2) is 31.2 Å². The number of rotatable bonds is 6. The van der Waals surface area contributed by atoms with Gasteiger partial charge in [0.1, 0.15) is 0 Å². The highest BCUT2D eigenvalue weighted by atomic mass is 35.5. The molecule has 1 aliphatic carbocycles. The topological polar surface area (TPSA) is 21.3 Å². The lowest BCUT2D eigenvalue weighted by molar-refractivity contribution is 0.135. The number of ether oxygens (including phenoxy) is 1. The van der Waals surface area contributed by atoms with Crippen LogP contribution in [0.3, 0.4) is 0 Å². The molecule has 0 aromatic rings. The van der Waals surface area contributed by atoms with Crippen molar-refractivity contribution in [1.82, 2.24) is 5.32 Å². The zero-order valence-corrected chi connectivity index (χ0v) is 9.91. The Morgan fingerprint density at radius 2 is 2.00 bits per heavy atom. The fourth-order valence-electron chi connectivity index (χ4n) is 2.12. The Hall–Kier alpha value is 0.210. The van der Waals surface area contributed by atoms with Crippen molar-refractivity contribution in [3.8, 4) is 0 Å². The minimum absolute atomic E-state index is 0.205. The third-order valence-corrected chi connectivity index (χ3v) is 3.53. The van der Waals surface area contributed by atoms with E-state index in [1.165, 1.54) is 32.1 Å². The number of nitrogens with one attached hydrogen (secondary N) is 1. The van der Waals surface area contributed by atoms with Crippen LogP contribution in [0.5, 0.6) is 0 Å². The maximum Gasteiger partial charge on any atom is 0.0590 e. The van der Waals surface area contributed by atoms with Crippen molar-refractivity contribution in [3.63, 3.8) is 0 Å². The molecule has 1 fully saturated rings. The SMILES string of the molecule is CCOCCNC1(CCl)CCCCC1. The van der Waals surface area contributed by atoms with Gasteiger partial charge in [-0.3, -0.25) is 0 Å². The van der Waals surface area contributed by atoms with Crippen LogP contribution >= 0.6 is 11.6 Å². The van der Waals surface area contributed by atoms with Crippen molar-refractivity contribution >= 4 is 11.6 Å². The molecule has 0 spiro atoms. The van der Waals surface area contributed by atoms with E-state index >= 15 is 0 Å². The van der Waals surface area contributed by atoms with Gasteiger partial charge in [-0.15, -0.1) is 11.6 Å². The van der Waals surface area contributed by atoms with Crippen LogP contribution in [0, 0.1) is 0 Å². The third-order valence-electron chi connectivity index (χ3n) is 3.02. The first-order valence-electron chi connectivity index (χ1n) is 5.72. The lowest BCUT2D eigenvalue weighted by Crippen LogP contribution is -2.49. The molecule has 0 bridgehead atoms. The van der Waals surface area contributed by atoms with Crippen LogP contribution in [-0.2, 0) is 4.74 Å². The lowest BCUT2D eigenvalue weighted by atomic mass is 9.83. The molecule has 1 N–H and O–H groups in total. The van der Waals surface area contributed by atoms with Crippen LogP contribution in [0.2, 0.25) is 0 Å². The van der Waals surface area contributed by atoms with Gasteiger partial charge in [-0.2, -0.15) is 0 Å². The Balaban J connectivity index is 2.22. The zero-order chi connectivity index (χ0) is 10.3. The summed E-state index contributed by atoms with van der Waals surface area (Å²) in [6.45, 7) is 4.56. The lowest BCUT2D eigenvalue weighted by Gasteiger charge is -2.36. The minimum Gasteiger partial charge on any atom is -0.380 e. The largest absolute Gasteiger partial charge is 0.380 e. The van der Waals surface area contributed by atoms with E-state index in [1.54, 1.807) is 0 Å². The summed E-state index contributed by atoms with van der Waals surface area (Å²) in [5, 5.41) is 3.56. The van der Waals surface area contributed by atoms with Gasteiger partial charge in [0.15, 0.2) is 0 Å². The Bertz CT molecular complexity index is 146. The van der Waals surface area contributed by atoms with Gasteiger partial charge in [0.25, 0.3) is 0 Å². The first kappa shape index (κ1) is 12.3. The molecule has 1 aliphatic rings. The number of halogens is 1. The molecule has 2 nitrogen and oxygen atoms in total. The maximum absolute atomic E-state index is 6.05. The van der Waals surface area contributed by atoms with Gasteiger partial charge in [-0.05, 0) is 19.8 Å². The summed E-state index contributed by atoms with van der Waals surface area (Å²) in [6, 6.07) is 0. The highest BCUT2D eigenvalue weighted by molar-refractivity contribution is 6.18. The quantitative estimate of drug-likeness (QED) is 0.548. The second kappa shape index (κ2) is 6.65. The van der Waals surface area contributed by atoms with E-state index in [0.717, 1.165) is 25.6 Å². The predicted molar refractivity (Wildman–Crippen MR) is 61.0 cm³/mol. The average Bonchev–Trinajstić information content (AvgIpc) is 2.26. The van der Waals surface area contributed by atoms with Crippen molar-refractivity contribution in [2.24, 2.45) is 0 Å². The molecule has 0 aliphatic heterocycles. The number of alkyl halides is 1. The maximum atomic E-state index is 6.05. The molecule has 84 valence electrons. The van der Waals surface area contributed by atoms with Gasteiger partial charge in [0.05, 0.1) is 6.61 Å². The van der Waals surface area contributed by atoms with Gasteiger partial charge >= 0.3 is 0 Å². The summed E-state index contributed by atoms with van der Waals surface area (Å²) in [6.07, 6.45) is 6.44. The number of hydrogen-bond acceptors (Lipinski definition) is 2. The van der Waals surface area contributed by atoms with Gasteiger partial charge in [0.2, 0.25) is 0 Å². The van der Waals surface area contributed by atoms with Gasteiger partial charge in [0, 0.05) is 24.6 Å². The zero-order valence-electron chi connectivity index (χ0n) is 9.15. The molecule has 0 unspecified atom stereocenters. The molecular weight excluding hydrogens is 198 g/mol. The van der Waals surface area contributed by atoms with Crippen molar-refractivity contribution < 1.29 is 4.74 Å². The van der Waals surface area contributed by atoms with Crippen molar-refractivity contribution in [2.45, 2.75) is 44.6 Å². The summed E-state index contributed by atoms with van der Waals surface area (Å²) in [5.41, 5.74) is 0.205. The summed E-state index contributed by atoms with van der Waals surface area (Å²) in [4.78, 5) is 0. The van der Waals surface area contributed by atoms with Crippen LogP contribution in [0.15, 0.2) is 0 Å². The Morgan fingerprint density at radius 3 is 2.57 bits per heavy atom. The van der Waals surface area contributed by atoms with Crippen molar-refractivity contribution in [2.75, 3.05) is 25.6 Å². The van der Waals surface area contributed by atoms with E-state index in [2.05, 4.69) is 5.32 Å². The standard InChI is InChI=1S/C11H22ClNO/c1-2-14-9-8-13-11(10-12)6-4-3-5-7-11/h13H,2-10H2,1H3. The average molecular weight is 220 g/mol. The molecule has 0 amide bonds. The van der Waals surface area contributed by atoms with E-state index in [-0.39, 0.29) is 5.54 Å². The van der Waals surface area contributed by atoms with Gasteiger partial charge in [-0.25, -0.2) is 0 Å². The smallest absolute Gasteiger partial charge is 0.0590 e. The van der Waals surface area contributed by atoms with Crippen LogP contribution < -0.4 is 5.32 Å². The molecule has 0 atom stereocenters. The number of hydrogen-bond donors (Lipinski definition) is 1. The van der Waals surface area contributed by atoms with E-state index in [4.69, 9.17) is 16.3 Å². The summed E-state index contributed by atoms with van der Waals surface area (Å²) < 4.78 is 5.31. The highest BCUT2D eigenvalue weighted by Crippen LogP contribution is 2.28. The van der Waals surface area contributed by atoms with E-state index in [9.17, 15) is 0 Å². The monoisotopic (exact) mass is 219 g/mol. The van der Waals surface area contributed by atoms with E-state index < -0.39 is 0 Å². The normalized spacial score (nSPS) is 21.0. The summed E-state index contributed by atoms with van der Waals surface area (Å²) in [7, 11) is 0. The first-order chi connectivity index (χ1) is 6.83. The second-order valence-corrected chi connectivity index (χ2v) is 4.37.